The topological polar surface area (TPSA) is 67.7 Å². The predicted molar refractivity (Wildman–Crippen MR) is 120 cm³/mol. The summed E-state index contributed by atoms with van der Waals surface area (Å²) in [5.74, 6) is 0.293. The van der Waals surface area contributed by atoms with Gasteiger partial charge in [-0.1, -0.05) is 6.07 Å². The minimum absolute atomic E-state index is 0.152. The van der Waals surface area contributed by atoms with E-state index in [-0.39, 0.29) is 17.3 Å². The Bertz CT molecular complexity index is 1150. The van der Waals surface area contributed by atoms with Crippen molar-refractivity contribution >= 4 is 11.6 Å². The highest BCUT2D eigenvalue weighted by Crippen LogP contribution is 2.23. The number of benzene rings is 2. The van der Waals surface area contributed by atoms with Gasteiger partial charge in [0.1, 0.15) is 17.6 Å². The molecule has 1 aliphatic rings. The molecule has 2 aromatic carbocycles. The highest BCUT2D eigenvalue weighted by atomic mass is 19.1. The van der Waals surface area contributed by atoms with Gasteiger partial charge in [0.25, 0.3) is 5.56 Å². The maximum atomic E-state index is 13.2. The SMILES string of the molecule is COc1cccc(N2CCN(C(=O)C(C)n3nc(-c4ccc(F)cc4)ccc3=O)CC2)c1. The van der Waals surface area contributed by atoms with Crippen molar-refractivity contribution in [3.63, 3.8) is 0 Å². The molecule has 3 aromatic rings. The lowest BCUT2D eigenvalue weighted by atomic mass is 10.1. The fraction of sp³-hybridized carbons (Fsp3) is 0.292. The fourth-order valence-electron chi connectivity index (χ4n) is 3.84. The van der Waals surface area contributed by atoms with Gasteiger partial charge in [-0.05, 0) is 49.4 Å². The van der Waals surface area contributed by atoms with Crippen molar-refractivity contribution in [2.75, 3.05) is 38.2 Å². The Balaban J connectivity index is 1.46. The summed E-state index contributed by atoms with van der Waals surface area (Å²) in [6, 6.07) is 15.9. The number of nitrogens with zero attached hydrogens (tertiary/aromatic N) is 4. The zero-order chi connectivity index (χ0) is 22.7. The molecule has 1 unspecified atom stereocenters. The number of piperazine rings is 1. The summed E-state index contributed by atoms with van der Waals surface area (Å²) in [5.41, 5.74) is 1.87. The zero-order valence-corrected chi connectivity index (χ0v) is 18.1. The highest BCUT2D eigenvalue weighted by molar-refractivity contribution is 5.80. The van der Waals surface area contributed by atoms with Gasteiger partial charge in [-0.25, -0.2) is 9.07 Å². The molecule has 1 amide bonds. The Morgan fingerprint density at radius 1 is 1.03 bits per heavy atom. The summed E-state index contributed by atoms with van der Waals surface area (Å²) in [5, 5.41) is 4.38. The lowest BCUT2D eigenvalue weighted by Gasteiger charge is -2.37. The zero-order valence-electron chi connectivity index (χ0n) is 18.1. The molecule has 1 fully saturated rings. The number of hydrogen-bond acceptors (Lipinski definition) is 5. The first kappa shape index (κ1) is 21.5. The van der Waals surface area contributed by atoms with E-state index in [4.69, 9.17) is 4.74 Å². The number of rotatable bonds is 5. The van der Waals surface area contributed by atoms with E-state index >= 15 is 0 Å². The molecule has 166 valence electrons. The van der Waals surface area contributed by atoms with Crippen LogP contribution in [0.1, 0.15) is 13.0 Å². The molecular weight excluding hydrogens is 411 g/mol. The molecule has 0 aliphatic carbocycles. The largest absolute Gasteiger partial charge is 0.497 e. The van der Waals surface area contributed by atoms with Crippen LogP contribution in [-0.4, -0.2) is 53.9 Å². The molecule has 32 heavy (non-hydrogen) atoms. The van der Waals surface area contributed by atoms with Crippen molar-refractivity contribution in [1.29, 1.82) is 0 Å². The molecule has 2 heterocycles. The number of methoxy groups -OCH3 is 1. The third-order valence-electron chi connectivity index (χ3n) is 5.70. The number of carbonyl (C=O) groups is 1. The van der Waals surface area contributed by atoms with Crippen molar-refractivity contribution in [2.45, 2.75) is 13.0 Å². The highest BCUT2D eigenvalue weighted by Gasteiger charge is 2.27. The molecule has 0 radical (unpaired) electrons. The molecule has 0 N–H and O–H groups in total. The van der Waals surface area contributed by atoms with Crippen molar-refractivity contribution in [3.05, 3.63) is 76.8 Å². The van der Waals surface area contributed by atoms with E-state index in [2.05, 4.69) is 10.00 Å². The first-order chi connectivity index (χ1) is 15.5. The quantitative estimate of drug-likeness (QED) is 0.615. The first-order valence-corrected chi connectivity index (χ1v) is 10.5. The van der Waals surface area contributed by atoms with Crippen LogP contribution >= 0.6 is 0 Å². The molecule has 1 saturated heterocycles. The number of amides is 1. The van der Waals surface area contributed by atoms with E-state index in [1.807, 2.05) is 24.3 Å². The molecule has 4 rings (SSSR count). The van der Waals surface area contributed by atoms with Gasteiger partial charge in [0, 0.05) is 49.6 Å². The van der Waals surface area contributed by atoms with Gasteiger partial charge in [0.2, 0.25) is 5.91 Å². The second-order valence-corrected chi connectivity index (χ2v) is 7.70. The Labute approximate surface area is 185 Å². The van der Waals surface area contributed by atoms with Crippen LogP contribution in [0.3, 0.4) is 0 Å². The number of aromatic nitrogens is 2. The lowest BCUT2D eigenvalue weighted by molar-refractivity contribution is -0.135. The van der Waals surface area contributed by atoms with Crippen LogP contribution in [0.2, 0.25) is 0 Å². The number of carbonyl (C=O) groups excluding carboxylic acids is 1. The van der Waals surface area contributed by atoms with Crippen LogP contribution in [0.4, 0.5) is 10.1 Å². The van der Waals surface area contributed by atoms with Gasteiger partial charge in [0.15, 0.2) is 0 Å². The predicted octanol–water partition coefficient (Wildman–Crippen LogP) is 2.97. The summed E-state index contributed by atoms with van der Waals surface area (Å²) in [4.78, 5) is 29.5. The van der Waals surface area contributed by atoms with Crippen LogP contribution in [0.25, 0.3) is 11.3 Å². The summed E-state index contributed by atoms with van der Waals surface area (Å²) in [6.07, 6.45) is 0. The summed E-state index contributed by atoms with van der Waals surface area (Å²) < 4.78 is 19.7. The smallest absolute Gasteiger partial charge is 0.267 e. The minimum Gasteiger partial charge on any atom is -0.497 e. The summed E-state index contributed by atoms with van der Waals surface area (Å²) >= 11 is 0. The molecule has 1 aromatic heterocycles. The molecule has 0 saturated carbocycles. The Morgan fingerprint density at radius 3 is 2.44 bits per heavy atom. The van der Waals surface area contributed by atoms with Gasteiger partial charge >= 0.3 is 0 Å². The van der Waals surface area contributed by atoms with Gasteiger partial charge < -0.3 is 14.5 Å². The summed E-state index contributed by atoms with van der Waals surface area (Å²) in [7, 11) is 1.64. The van der Waals surface area contributed by atoms with Gasteiger partial charge in [-0.15, -0.1) is 0 Å². The van der Waals surface area contributed by atoms with Crippen LogP contribution in [0.15, 0.2) is 65.5 Å². The average Bonchev–Trinajstić information content (AvgIpc) is 2.84. The van der Waals surface area contributed by atoms with E-state index in [0.29, 0.717) is 37.4 Å². The summed E-state index contributed by atoms with van der Waals surface area (Å²) in [6.45, 7) is 4.15. The minimum atomic E-state index is -0.744. The van der Waals surface area contributed by atoms with E-state index in [9.17, 15) is 14.0 Å². The van der Waals surface area contributed by atoms with Gasteiger partial charge in [-0.3, -0.25) is 9.59 Å². The van der Waals surface area contributed by atoms with Crippen LogP contribution in [0.5, 0.6) is 5.75 Å². The van der Waals surface area contributed by atoms with Crippen molar-refractivity contribution in [1.82, 2.24) is 14.7 Å². The van der Waals surface area contributed by atoms with Crippen LogP contribution in [-0.2, 0) is 4.79 Å². The van der Waals surface area contributed by atoms with Gasteiger partial charge in [-0.2, -0.15) is 5.10 Å². The normalized spacial score (nSPS) is 14.8. The average molecular weight is 436 g/mol. The molecule has 1 aliphatic heterocycles. The Kier molecular flexibility index (Phi) is 6.20. The van der Waals surface area contributed by atoms with Crippen molar-refractivity contribution in [2.24, 2.45) is 0 Å². The molecule has 8 heteroatoms. The molecule has 1 atom stereocenters. The van der Waals surface area contributed by atoms with Crippen molar-refractivity contribution in [3.8, 4) is 17.0 Å². The number of anilines is 1. The van der Waals surface area contributed by atoms with E-state index in [1.54, 1.807) is 37.1 Å². The third kappa shape index (κ3) is 4.49. The van der Waals surface area contributed by atoms with Gasteiger partial charge in [0.05, 0.1) is 12.8 Å². The number of halogens is 1. The van der Waals surface area contributed by atoms with E-state index in [1.165, 1.54) is 22.9 Å². The molecule has 7 nitrogen and oxygen atoms in total. The van der Waals surface area contributed by atoms with E-state index < -0.39 is 6.04 Å². The maximum absolute atomic E-state index is 13.2. The van der Waals surface area contributed by atoms with E-state index in [0.717, 1.165) is 11.4 Å². The maximum Gasteiger partial charge on any atom is 0.267 e. The molecule has 0 spiro atoms. The van der Waals surface area contributed by atoms with Crippen molar-refractivity contribution < 1.29 is 13.9 Å². The standard InChI is InChI=1S/C24H25FN4O3/c1-17(29-23(30)11-10-22(26-29)18-6-8-19(25)9-7-18)24(31)28-14-12-27(13-15-28)20-4-3-5-21(16-20)32-2/h3-11,16-17H,12-15H2,1-2H3. The first-order valence-electron chi connectivity index (χ1n) is 10.5. The molecule has 0 bridgehead atoms. The second kappa shape index (κ2) is 9.21. The lowest BCUT2D eigenvalue weighted by Crippen LogP contribution is -2.51. The number of hydrogen-bond donors (Lipinski definition) is 0. The molecular formula is C24H25FN4O3. The monoisotopic (exact) mass is 436 g/mol. The van der Waals surface area contributed by atoms with Crippen LogP contribution in [0, 0.1) is 5.82 Å². The number of ether oxygens (including phenoxy) is 1. The second-order valence-electron chi connectivity index (χ2n) is 7.70. The Morgan fingerprint density at radius 2 is 1.75 bits per heavy atom. The van der Waals surface area contributed by atoms with Crippen LogP contribution < -0.4 is 15.2 Å². The Hall–Kier alpha value is -3.68. The third-order valence-corrected chi connectivity index (χ3v) is 5.70. The fourth-order valence-corrected chi connectivity index (χ4v) is 3.84.